The molecule has 0 aromatic carbocycles. The first-order chi connectivity index (χ1) is 28.6. The van der Waals surface area contributed by atoms with E-state index in [-0.39, 0.29) is 38.0 Å². The van der Waals surface area contributed by atoms with Gasteiger partial charge in [0.25, 0.3) is 0 Å². The molecule has 0 saturated carbocycles. The fourth-order valence-electron chi connectivity index (χ4n) is 4.95. The van der Waals surface area contributed by atoms with E-state index in [4.69, 9.17) is 14.2 Å². The van der Waals surface area contributed by atoms with Crippen LogP contribution in [-0.2, 0) is 23.8 Å². The van der Waals surface area contributed by atoms with Gasteiger partial charge in [0.1, 0.15) is 6.61 Å². The van der Waals surface area contributed by atoms with Crippen LogP contribution in [0.4, 0.5) is 0 Å². The van der Waals surface area contributed by atoms with Crippen molar-refractivity contribution in [3.05, 3.63) is 158 Å². The predicted molar refractivity (Wildman–Crippen MR) is 251 cm³/mol. The van der Waals surface area contributed by atoms with Gasteiger partial charge in [-0.1, -0.05) is 179 Å². The zero-order valence-corrected chi connectivity index (χ0v) is 36.5. The molecule has 1 atom stereocenters. The molecule has 0 rings (SSSR count). The summed E-state index contributed by atoms with van der Waals surface area (Å²) in [7, 11) is 0. The Bertz CT molecular complexity index is 1360. The number of hydrogen-bond donors (Lipinski definition) is 0. The van der Waals surface area contributed by atoms with Crippen LogP contribution in [0.15, 0.2) is 158 Å². The number of rotatable bonds is 37. The molecule has 320 valence electrons. The topological polar surface area (TPSA) is 61.8 Å². The summed E-state index contributed by atoms with van der Waals surface area (Å²) in [4.78, 5) is 25.1. The summed E-state index contributed by atoms with van der Waals surface area (Å²) >= 11 is 0. The van der Waals surface area contributed by atoms with Crippen molar-refractivity contribution in [1.29, 1.82) is 0 Å². The highest BCUT2D eigenvalue weighted by atomic mass is 16.6. The van der Waals surface area contributed by atoms with Gasteiger partial charge in [-0.25, -0.2) is 0 Å². The molecular weight excluding hydrogens is 717 g/mol. The molecule has 1 unspecified atom stereocenters. The number of esters is 2. The second kappa shape index (κ2) is 46.9. The predicted octanol–water partition coefficient (Wildman–Crippen LogP) is 14.8. The SMILES string of the molecule is CC/C=C\C/C=C\C/C=C\C/C=C\C/C=C\CC(=O)OCC(COCCC/C=C\C/C=C\C/C=C\C/C=C\CC)OC(=O)CC/C=C\C/C=C\C/C=C\C/C=C\CC. The van der Waals surface area contributed by atoms with Crippen LogP contribution in [0.25, 0.3) is 0 Å². The first-order valence-electron chi connectivity index (χ1n) is 22.0. The van der Waals surface area contributed by atoms with E-state index in [1.807, 2.05) is 18.2 Å². The minimum atomic E-state index is -0.653. The molecule has 0 radical (unpaired) electrons. The smallest absolute Gasteiger partial charge is 0.309 e. The van der Waals surface area contributed by atoms with Crippen LogP contribution in [0, 0.1) is 0 Å². The maximum atomic E-state index is 12.7. The molecule has 0 bridgehead atoms. The molecule has 0 aliphatic carbocycles. The van der Waals surface area contributed by atoms with Gasteiger partial charge in [-0.3, -0.25) is 9.59 Å². The monoisotopic (exact) mass is 795 g/mol. The minimum absolute atomic E-state index is 0.0316. The third-order valence-corrected chi connectivity index (χ3v) is 8.09. The summed E-state index contributed by atoms with van der Waals surface area (Å²) < 4.78 is 17.0. The lowest BCUT2D eigenvalue weighted by Gasteiger charge is -2.18. The van der Waals surface area contributed by atoms with Crippen molar-refractivity contribution < 1.29 is 23.8 Å². The number of carbonyl (C=O) groups excluding carboxylic acids is 2. The van der Waals surface area contributed by atoms with Crippen LogP contribution in [0.1, 0.15) is 136 Å². The first kappa shape index (κ1) is 53.5. The largest absolute Gasteiger partial charge is 0.461 e. The average molecular weight is 795 g/mol. The van der Waals surface area contributed by atoms with Crippen molar-refractivity contribution in [3.8, 4) is 0 Å². The summed E-state index contributed by atoms with van der Waals surface area (Å²) in [5, 5.41) is 0. The Kier molecular flexibility index (Phi) is 43.3. The molecule has 5 heteroatoms. The number of allylic oxidation sites excluding steroid dienone is 25. The lowest BCUT2D eigenvalue weighted by molar-refractivity contribution is -0.162. The first-order valence-corrected chi connectivity index (χ1v) is 22.0. The van der Waals surface area contributed by atoms with Crippen LogP contribution in [0.5, 0.6) is 0 Å². The molecule has 0 amide bonds. The van der Waals surface area contributed by atoms with Gasteiger partial charge in [-0.15, -0.1) is 0 Å². The maximum Gasteiger partial charge on any atom is 0.309 e. The molecule has 0 aliphatic rings. The Balaban J connectivity index is 4.63. The van der Waals surface area contributed by atoms with Gasteiger partial charge >= 0.3 is 11.9 Å². The van der Waals surface area contributed by atoms with Crippen LogP contribution in [-0.4, -0.2) is 37.9 Å². The van der Waals surface area contributed by atoms with E-state index in [1.54, 1.807) is 0 Å². The fourth-order valence-corrected chi connectivity index (χ4v) is 4.95. The molecule has 0 spiro atoms. The second-order valence-electron chi connectivity index (χ2n) is 13.5. The standard InChI is InChI=1S/C53H78O5/c1-4-7-10-13-16-19-22-25-27-29-31-34-37-40-43-46-52(54)57-50-51(49-56-48-45-42-39-36-33-30-26-23-20-17-14-11-8-5-2)58-53(55)47-44-41-38-35-32-28-24-21-18-15-12-9-6-3/h7-12,16-21,25-28,30-32,34,36,38-41,43,51H,4-6,13-15,22-24,29,33,35,37,42,44-50H2,1-3H3/b10-7-,11-8-,12-9-,19-16-,20-17-,21-18-,27-25-,30-26-,32-28-,34-31-,39-36-,41-38-,43-40-. The minimum Gasteiger partial charge on any atom is -0.461 e. The number of carbonyl (C=O) groups is 2. The lowest BCUT2D eigenvalue weighted by Crippen LogP contribution is -2.29. The van der Waals surface area contributed by atoms with Gasteiger partial charge in [0.05, 0.1) is 13.0 Å². The fraction of sp³-hybridized carbons (Fsp3) is 0.472. The number of hydrogen-bond acceptors (Lipinski definition) is 5. The zero-order chi connectivity index (χ0) is 42.1. The second-order valence-corrected chi connectivity index (χ2v) is 13.5. The molecule has 0 heterocycles. The molecule has 0 aromatic heterocycles. The van der Waals surface area contributed by atoms with Gasteiger partial charge in [0.2, 0.25) is 0 Å². The summed E-state index contributed by atoms with van der Waals surface area (Å²) in [6, 6.07) is 0. The molecule has 58 heavy (non-hydrogen) atoms. The van der Waals surface area contributed by atoms with Crippen LogP contribution >= 0.6 is 0 Å². The Morgan fingerprint density at radius 3 is 1.14 bits per heavy atom. The number of ether oxygens (including phenoxy) is 3. The van der Waals surface area contributed by atoms with Crippen molar-refractivity contribution in [1.82, 2.24) is 0 Å². The average Bonchev–Trinajstić information content (AvgIpc) is 3.22. The normalized spacial score (nSPS) is 13.8. The summed E-state index contributed by atoms with van der Waals surface area (Å²) in [5.74, 6) is -0.689. The van der Waals surface area contributed by atoms with E-state index in [1.165, 1.54) is 0 Å². The van der Waals surface area contributed by atoms with Gasteiger partial charge in [0, 0.05) is 13.0 Å². The van der Waals surface area contributed by atoms with E-state index >= 15 is 0 Å². The van der Waals surface area contributed by atoms with Crippen molar-refractivity contribution in [3.63, 3.8) is 0 Å². The molecule has 0 saturated heterocycles. The summed E-state index contributed by atoms with van der Waals surface area (Å²) in [6.45, 7) is 7.10. The molecule has 0 fully saturated rings. The Hall–Kier alpha value is -4.48. The van der Waals surface area contributed by atoms with Gasteiger partial charge in [0.15, 0.2) is 6.10 Å². The van der Waals surface area contributed by atoms with Gasteiger partial charge < -0.3 is 14.2 Å². The van der Waals surface area contributed by atoms with Gasteiger partial charge in [-0.2, -0.15) is 0 Å². The third-order valence-electron chi connectivity index (χ3n) is 8.09. The molecule has 5 nitrogen and oxygen atoms in total. The van der Waals surface area contributed by atoms with Crippen molar-refractivity contribution in [2.45, 2.75) is 142 Å². The zero-order valence-electron chi connectivity index (χ0n) is 36.5. The van der Waals surface area contributed by atoms with Crippen LogP contribution in [0.2, 0.25) is 0 Å². The highest BCUT2D eigenvalue weighted by Crippen LogP contribution is 2.06. The van der Waals surface area contributed by atoms with Crippen LogP contribution in [0.3, 0.4) is 0 Å². The number of unbranched alkanes of at least 4 members (excludes halogenated alkanes) is 1. The van der Waals surface area contributed by atoms with E-state index in [0.717, 1.165) is 96.3 Å². The maximum absolute atomic E-state index is 12.7. The molecular formula is C53H78O5. The highest BCUT2D eigenvalue weighted by molar-refractivity contribution is 5.71. The Morgan fingerprint density at radius 1 is 0.397 bits per heavy atom. The van der Waals surface area contributed by atoms with E-state index < -0.39 is 6.10 Å². The van der Waals surface area contributed by atoms with Crippen molar-refractivity contribution in [2.24, 2.45) is 0 Å². The summed E-state index contributed by atoms with van der Waals surface area (Å²) in [6.07, 6.45) is 70.1. The van der Waals surface area contributed by atoms with E-state index in [9.17, 15) is 9.59 Å². The Labute approximate surface area is 354 Å². The molecule has 0 N–H and O–H groups in total. The quantitative estimate of drug-likeness (QED) is 0.0356. The lowest BCUT2D eigenvalue weighted by atomic mass is 10.2. The highest BCUT2D eigenvalue weighted by Gasteiger charge is 2.17. The van der Waals surface area contributed by atoms with E-state index in [0.29, 0.717) is 13.0 Å². The summed E-state index contributed by atoms with van der Waals surface area (Å²) in [5.41, 5.74) is 0. The molecule has 0 aromatic rings. The van der Waals surface area contributed by atoms with Crippen molar-refractivity contribution in [2.75, 3.05) is 19.8 Å². The van der Waals surface area contributed by atoms with Gasteiger partial charge in [-0.05, 0) is 103 Å². The third kappa shape index (κ3) is 44.2. The van der Waals surface area contributed by atoms with Crippen LogP contribution < -0.4 is 0 Å². The molecule has 0 aliphatic heterocycles. The van der Waals surface area contributed by atoms with Crippen molar-refractivity contribution >= 4 is 11.9 Å². The Morgan fingerprint density at radius 2 is 0.741 bits per heavy atom. The van der Waals surface area contributed by atoms with E-state index in [2.05, 4.69) is 161 Å².